The molecule has 0 bridgehead atoms. The van der Waals surface area contributed by atoms with Gasteiger partial charge >= 0.3 is 5.97 Å². The minimum atomic E-state index is -0.667. The number of nitro groups is 1. The van der Waals surface area contributed by atoms with Crippen LogP contribution in [0.3, 0.4) is 0 Å². The molecular formula is C25H25N3O9S. The molecule has 1 N–H and O–H groups in total. The third-order valence-electron chi connectivity index (χ3n) is 4.92. The lowest BCUT2D eigenvalue weighted by molar-refractivity contribution is -0.384. The summed E-state index contributed by atoms with van der Waals surface area (Å²) in [6, 6.07) is 10.2. The number of non-ortho nitro benzene ring substituents is 1. The number of amides is 3. The van der Waals surface area contributed by atoms with Crippen molar-refractivity contribution in [1.82, 2.24) is 4.90 Å². The Labute approximate surface area is 222 Å². The molecule has 0 unspecified atom stereocenters. The minimum Gasteiger partial charge on any atom is -0.493 e. The fraction of sp³-hybridized carbons (Fsp3) is 0.280. The zero-order valence-corrected chi connectivity index (χ0v) is 21.6. The molecule has 3 amide bonds. The SMILES string of the molecule is COc1cc(/C=C2\SC(=O)N(CC(=O)OCC(C)C)C2=O)ccc1OCC(=O)Nc1cccc([N+](=O)[O-])c1. The van der Waals surface area contributed by atoms with Gasteiger partial charge in [0.1, 0.15) is 6.54 Å². The second-order valence-corrected chi connectivity index (χ2v) is 9.39. The summed E-state index contributed by atoms with van der Waals surface area (Å²) in [6.07, 6.45) is 1.48. The van der Waals surface area contributed by atoms with Crippen LogP contribution in [-0.4, -0.2) is 59.7 Å². The highest BCUT2D eigenvalue weighted by Crippen LogP contribution is 2.34. The Morgan fingerprint density at radius 3 is 2.61 bits per heavy atom. The molecule has 13 heteroatoms. The van der Waals surface area contributed by atoms with Crippen LogP contribution in [0.25, 0.3) is 6.08 Å². The normalized spacial score (nSPS) is 14.1. The summed E-state index contributed by atoms with van der Waals surface area (Å²) >= 11 is 0.702. The van der Waals surface area contributed by atoms with Crippen LogP contribution in [0.5, 0.6) is 11.5 Å². The average molecular weight is 544 g/mol. The zero-order valence-electron chi connectivity index (χ0n) is 20.8. The number of hydrogen-bond donors (Lipinski definition) is 1. The largest absolute Gasteiger partial charge is 0.493 e. The summed E-state index contributed by atoms with van der Waals surface area (Å²) in [5.41, 5.74) is 0.602. The van der Waals surface area contributed by atoms with E-state index in [-0.39, 0.29) is 40.3 Å². The van der Waals surface area contributed by atoms with Gasteiger partial charge < -0.3 is 19.5 Å². The summed E-state index contributed by atoms with van der Waals surface area (Å²) < 4.78 is 15.9. The lowest BCUT2D eigenvalue weighted by Crippen LogP contribution is -2.34. The molecule has 2 aromatic carbocycles. The van der Waals surface area contributed by atoms with Crippen molar-refractivity contribution in [2.24, 2.45) is 5.92 Å². The number of rotatable bonds is 11. The van der Waals surface area contributed by atoms with E-state index in [9.17, 15) is 29.3 Å². The van der Waals surface area contributed by atoms with Gasteiger partial charge in [-0.2, -0.15) is 0 Å². The molecular weight excluding hydrogens is 518 g/mol. The van der Waals surface area contributed by atoms with E-state index in [0.717, 1.165) is 4.90 Å². The lowest BCUT2D eigenvalue weighted by Gasteiger charge is -2.13. The quantitative estimate of drug-likeness (QED) is 0.191. The van der Waals surface area contributed by atoms with E-state index >= 15 is 0 Å². The number of nitrogens with one attached hydrogen (secondary N) is 1. The van der Waals surface area contributed by atoms with Gasteiger partial charge in [0.2, 0.25) is 0 Å². The van der Waals surface area contributed by atoms with E-state index < -0.39 is 41.1 Å². The maximum Gasteiger partial charge on any atom is 0.326 e. The second kappa shape index (κ2) is 12.7. The molecule has 200 valence electrons. The molecule has 12 nitrogen and oxygen atoms in total. The molecule has 0 radical (unpaired) electrons. The Hall–Kier alpha value is -4.39. The fourth-order valence-corrected chi connectivity index (χ4v) is 3.99. The van der Waals surface area contributed by atoms with Crippen molar-refractivity contribution in [2.45, 2.75) is 13.8 Å². The van der Waals surface area contributed by atoms with Crippen LogP contribution in [0.1, 0.15) is 19.4 Å². The summed E-state index contributed by atoms with van der Waals surface area (Å²) in [5.74, 6) is -1.20. The summed E-state index contributed by atoms with van der Waals surface area (Å²) in [6.45, 7) is 3.06. The van der Waals surface area contributed by atoms with Gasteiger partial charge in [-0.15, -0.1) is 0 Å². The molecule has 1 aliphatic heterocycles. The molecule has 1 saturated heterocycles. The van der Waals surface area contributed by atoms with Gasteiger partial charge in [-0.25, -0.2) is 0 Å². The van der Waals surface area contributed by atoms with Crippen molar-refractivity contribution < 1.29 is 38.3 Å². The van der Waals surface area contributed by atoms with Crippen LogP contribution < -0.4 is 14.8 Å². The lowest BCUT2D eigenvalue weighted by atomic mass is 10.2. The van der Waals surface area contributed by atoms with Gasteiger partial charge in [-0.3, -0.25) is 34.2 Å². The number of imide groups is 1. The molecule has 1 fully saturated rings. The standard InChI is InChI=1S/C25H25N3O9S/c1-15(2)13-37-23(30)12-27-24(31)21(38-25(27)32)10-16-7-8-19(20(9-16)35-3)36-14-22(29)26-17-5-4-6-18(11-17)28(33)34/h4-11,15H,12-14H2,1-3H3,(H,26,29)/b21-10-. The smallest absolute Gasteiger partial charge is 0.326 e. The first-order valence-corrected chi connectivity index (χ1v) is 12.1. The predicted octanol–water partition coefficient (Wildman–Crippen LogP) is 3.86. The van der Waals surface area contributed by atoms with Crippen LogP contribution in [0.4, 0.5) is 16.2 Å². The van der Waals surface area contributed by atoms with E-state index in [1.54, 1.807) is 12.1 Å². The molecule has 0 aliphatic carbocycles. The Bertz CT molecular complexity index is 1290. The number of nitrogens with zero attached hydrogens (tertiary/aromatic N) is 2. The number of nitro benzene ring substituents is 1. The summed E-state index contributed by atoms with van der Waals surface area (Å²) in [7, 11) is 1.39. The number of carbonyl (C=O) groups is 4. The highest BCUT2D eigenvalue weighted by atomic mass is 32.2. The highest BCUT2D eigenvalue weighted by Gasteiger charge is 2.36. The number of ether oxygens (including phenoxy) is 3. The Balaban J connectivity index is 1.63. The Morgan fingerprint density at radius 2 is 1.92 bits per heavy atom. The number of methoxy groups -OCH3 is 1. The van der Waals surface area contributed by atoms with Crippen LogP contribution in [0.2, 0.25) is 0 Å². The van der Waals surface area contributed by atoms with Gasteiger partial charge in [-0.05, 0) is 47.5 Å². The third-order valence-corrected chi connectivity index (χ3v) is 5.83. The van der Waals surface area contributed by atoms with E-state index in [0.29, 0.717) is 17.3 Å². The molecule has 0 atom stereocenters. The van der Waals surface area contributed by atoms with Crippen molar-refractivity contribution in [3.05, 3.63) is 63.0 Å². The highest BCUT2D eigenvalue weighted by molar-refractivity contribution is 8.18. The van der Waals surface area contributed by atoms with Crippen molar-refractivity contribution in [1.29, 1.82) is 0 Å². The summed E-state index contributed by atoms with van der Waals surface area (Å²) in [5, 5.41) is 12.8. The maximum atomic E-state index is 12.7. The number of thioether (sulfide) groups is 1. The predicted molar refractivity (Wildman–Crippen MR) is 139 cm³/mol. The van der Waals surface area contributed by atoms with E-state index in [1.807, 2.05) is 13.8 Å². The van der Waals surface area contributed by atoms with Crippen molar-refractivity contribution in [2.75, 3.05) is 32.2 Å². The Kier molecular flexibility index (Phi) is 9.44. The number of hydrogen-bond acceptors (Lipinski definition) is 10. The second-order valence-electron chi connectivity index (χ2n) is 8.40. The van der Waals surface area contributed by atoms with Gasteiger partial charge in [0, 0.05) is 17.8 Å². The maximum absolute atomic E-state index is 12.7. The summed E-state index contributed by atoms with van der Waals surface area (Å²) in [4.78, 5) is 60.4. The number of benzene rings is 2. The fourth-order valence-electron chi connectivity index (χ4n) is 3.15. The zero-order chi connectivity index (χ0) is 27.8. The molecule has 2 aromatic rings. The van der Waals surface area contributed by atoms with Crippen LogP contribution in [0, 0.1) is 16.0 Å². The molecule has 0 aromatic heterocycles. The van der Waals surface area contributed by atoms with Crippen LogP contribution in [0.15, 0.2) is 47.4 Å². The van der Waals surface area contributed by atoms with Gasteiger partial charge in [0.05, 0.1) is 23.5 Å². The number of esters is 1. The average Bonchev–Trinajstić information content (AvgIpc) is 3.13. The molecule has 1 heterocycles. The monoisotopic (exact) mass is 543 g/mol. The van der Waals surface area contributed by atoms with Crippen molar-refractivity contribution in [3.8, 4) is 11.5 Å². The topological polar surface area (TPSA) is 154 Å². The van der Waals surface area contributed by atoms with E-state index in [4.69, 9.17) is 14.2 Å². The van der Waals surface area contributed by atoms with E-state index in [1.165, 1.54) is 43.5 Å². The first-order valence-electron chi connectivity index (χ1n) is 11.3. The van der Waals surface area contributed by atoms with Crippen molar-refractivity contribution >= 4 is 52.2 Å². The molecule has 3 rings (SSSR count). The number of anilines is 1. The molecule has 0 saturated carbocycles. The molecule has 1 aliphatic rings. The van der Waals surface area contributed by atoms with Crippen LogP contribution >= 0.6 is 11.8 Å². The van der Waals surface area contributed by atoms with Crippen LogP contribution in [-0.2, 0) is 19.1 Å². The van der Waals surface area contributed by atoms with Gasteiger partial charge in [0.25, 0.3) is 22.7 Å². The first kappa shape index (κ1) is 28.2. The minimum absolute atomic E-state index is 0.123. The third kappa shape index (κ3) is 7.56. The first-order chi connectivity index (χ1) is 18.1. The van der Waals surface area contributed by atoms with Crippen molar-refractivity contribution in [3.63, 3.8) is 0 Å². The van der Waals surface area contributed by atoms with E-state index in [2.05, 4.69) is 5.32 Å². The molecule has 38 heavy (non-hydrogen) atoms. The molecule has 0 spiro atoms. The Morgan fingerprint density at radius 1 is 1.16 bits per heavy atom. The number of carbonyl (C=O) groups excluding carboxylic acids is 4. The van der Waals surface area contributed by atoms with Gasteiger partial charge in [-0.1, -0.05) is 26.0 Å². The van der Waals surface area contributed by atoms with Gasteiger partial charge in [0.15, 0.2) is 18.1 Å².